The zero-order chi connectivity index (χ0) is 23.9. The predicted octanol–water partition coefficient (Wildman–Crippen LogP) is 5.35. The van der Waals surface area contributed by atoms with Crippen LogP contribution in [0.4, 0.5) is 0 Å². The number of amides is 2. The Kier molecular flexibility index (Phi) is 9.14. The maximum Gasteiger partial charge on any atom is 0.261 e. The Morgan fingerprint density at radius 1 is 1.03 bits per heavy atom. The van der Waals surface area contributed by atoms with Crippen LogP contribution in [0.2, 0.25) is 5.02 Å². The fourth-order valence-electron chi connectivity index (χ4n) is 3.37. The summed E-state index contributed by atoms with van der Waals surface area (Å²) in [4.78, 5) is 27.6. The van der Waals surface area contributed by atoms with Crippen LogP contribution in [0.3, 0.4) is 0 Å². The molecule has 0 fully saturated rings. The van der Waals surface area contributed by atoms with E-state index in [2.05, 4.69) is 26.1 Å². The van der Waals surface area contributed by atoms with Crippen LogP contribution in [-0.2, 0) is 21.5 Å². The normalized spacial score (nSPS) is 12.4. The van der Waals surface area contributed by atoms with E-state index in [9.17, 15) is 9.59 Å². The smallest absolute Gasteiger partial charge is 0.261 e. The molecule has 2 amide bonds. The molecule has 1 N–H and O–H groups in total. The molecule has 2 aromatic carbocycles. The van der Waals surface area contributed by atoms with E-state index in [0.717, 1.165) is 5.56 Å². The molecule has 2 aromatic rings. The lowest BCUT2D eigenvalue weighted by atomic mass is 9.87. The molecule has 0 saturated heterocycles. The highest BCUT2D eigenvalue weighted by molar-refractivity contribution is 6.30. The third-order valence-electron chi connectivity index (χ3n) is 5.17. The Labute approximate surface area is 197 Å². The fraction of sp³-hybridized carbons (Fsp3) is 0.462. The van der Waals surface area contributed by atoms with Crippen molar-refractivity contribution in [3.8, 4) is 5.75 Å². The maximum absolute atomic E-state index is 13.2. The summed E-state index contributed by atoms with van der Waals surface area (Å²) in [5, 5.41) is 3.55. The molecule has 32 heavy (non-hydrogen) atoms. The highest BCUT2D eigenvalue weighted by atomic mass is 35.5. The van der Waals surface area contributed by atoms with Gasteiger partial charge in [-0.05, 0) is 61.1 Å². The summed E-state index contributed by atoms with van der Waals surface area (Å²) in [5.74, 6) is 0.211. The topological polar surface area (TPSA) is 58.6 Å². The lowest BCUT2D eigenvalue weighted by molar-refractivity contribution is -0.143. The number of nitrogens with zero attached hydrogens (tertiary/aromatic N) is 1. The minimum atomic E-state index is -0.590. The second-order valence-electron chi connectivity index (χ2n) is 9.30. The van der Waals surface area contributed by atoms with Crippen molar-refractivity contribution in [2.75, 3.05) is 6.61 Å². The Morgan fingerprint density at radius 2 is 1.62 bits per heavy atom. The number of ether oxygens (including phenoxy) is 1. The number of hydrogen-bond donors (Lipinski definition) is 1. The van der Waals surface area contributed by atoms with Crippen molar-refractivity contribution in [1.82, 2.24) is 10.2 Å². The van der Waals surface area contributed by atoms with Crippen molar-refractivity contribution in [1.29, 1.82) is 0 Å². The Morgan fingerprint density at radius 3 is 2.12 bits per heavy atom. The quantitative estimate of drug-likeness (QED) is 0.551. The van der Waals surface area contributed by atoms with Crippen LogP contribution in [0, 0.1) is 0 Å². The van der Waals surface area contributed by atoms with Gasteiger partial charge in [0.05, 0.1) is 0 Å². The van der Waals surface area contributed by atoms with Crippen molar-refractivity contribution in [2.45, 2.75) is 72.0 Å². The summed E-state index contributed by atoms with van der Waals surface area (Å²) >= 11 is 6.00. The van der Waals surface area contributed by atoms with Gasteiger partial charge < -0.3 is 15.0 Å². The van der Waals surface area contributed by atoms with Gasteiger partial charge in [-0.2, -0.15) is 0 Å². The highest BCUT2D eigenvalue weighted by Gasteiger charge is 2.29. The Balaban J connectivity index is 2.18. The molecule has 0 spiro atoms. The molecule has 174 valence electrons. The van der Waals surface area contributed by atoms with Gasteiger partial charge in [0.1, 0.15) is 11.8 Å². The number of rotatable bonds is 9. The lowest BCUT2D eigenvalue weighted by Gasteiger charge is -2.31. The molecule has 0 saturated carbocycles. The van der Waals surface area contributed by atoms with Crippen LogP contribution in [-0.4, -0.2) is 35.4 Å². The molecule has 0 aromatic heterocycles. The van der Waals surface area contributed by atoms with Gasteiger partial charge in [0.2, 0.25) is 5.91 Å². The summed E-state index contributed by atoms with van der Waals surface area (Å²) in [6.07, 6.45) is 0.498. The van der Waals surface area contributed by atoms with E-state index in [0.29, 0.717) is 23.7 Å². The summed E-state index contributed by atoms with van der Waals surface area (Å²) in [5.41, 5.74) is 2.13. The standard InChI is InChI=1S/C26H35ClN2O3/c1-7-23(25(31)28-18(2)3)29(16-19-8-12-21(27)13-9-19)24(30)17-32-22-14-10-20(11-15-22)26(4,5)6/h8-15,18,23H,7,16-17H2,1-6H3,(H,28,31)/t23-/m1/s1. The van der Waals surface area contributed by atoms with E-state index in [-0.39, 0.29) is 29.9 Å². The highest BCUT2D eigenvalue weighted by Crippen LogP contribution is 2.24. The maximum atomic E-state index is 13.2. The van der Waals surface area contributed by atoms with Crippen LogP contribution >= 0.6 is 11.6 Å². The number of nitrogens with one attached hydrogen (secondary N) is 1. The molecule has 0 aliphatic heterocycles. The van der Waals surface area contributed by atoms with E-state index < -0.39 is 6.04 Å². The van der Waals surface area contributed by atoms with Crippen molar-refractivity contribution in [3.05, 3.63) is 64.7 Å². The zero-order valence-corrected chi connectivity index (χ0v) is 20.7. The van der Waals surface area contributed by atoms with Gasteiger partial charge in [-0.15, -0.1) is 0 Å². The van der Waals surface area contributed by atoms with E-state index in [1.807, 2.05) is 57.2 Å². The van der Waals surface area contributed by atoms with Crippen molar-refractivity contribution in [3.63, 3.8) is 0 Å². The van der Waals surface area contributed by atoms with Crippen LogP contribution < -0.4 is 10.1 Å². The van der Waals surface area contributed by atoms with Gasteiger partial charge in [-0.3, -0.25) is 9.59 Å². The average molecular weight is 459 g/mol. The van der Waals surface area contributed by atoms with E-state index in [4.69, 9.17) is 16.3 Å². The van der Waals surface area contributed by atoms with Gasteiger partial charge in [-0.25, -0.2) is 0 Å². The first-order chi connectivity index (χ1) is 15.0. The van der Waals surface area contributed by atoms with Gasteiger partial charge in [-0.1, -0.05) is 63.6 Å². The molecule has 6 heteroatoms. The first-order valence-corrected chi connectivity index (χ1v) is 11.5. The summed E-state index contributed by atoms with van der Waals surface area (Å²) in [6, 6.07) is 14.5. The summed E-state index contributed by atoms with van der Waals surface area (Å²) in [6.45, 7) is 12.3. The second kappa shape index (κ2) is 11.4. The first kappa shape index (κ1) is 25.7. The lowest BCUT2D eigenvalue weighted by Crippen LogP contribution is -2.51. The van der Waals surface area contributed by atoms with Crippen molar-refractivity contribution >= 4 is 23.4 Å². The SMILES string of the molecule is CC[C@H](C(=O)NC(C)C)N(Cc1ccc(Cl)cc1)C(=O)COc1ccc(C(C)(C)C)cc1. The molecule has 0 unspecified atom stereocenters. The number of benzene rings is 2. The van der Waals surface area contributed by atoms with Crippen LogP contribution in [0.5, 0.6) is 5.75 Å². The van der Waals surface area contributed by atoms with E-state index in [1.165, 1.54) is 5.56 Å². The molecule has 2 rings (SSSR count). The van der Waals surface area contributed by atoms with Gasteiger partial charge in [0.15, 0.2) is 6.61 Å². The predicted molar refractivity (Wildman–Crippen MR) is 130 cm³/mol. The number of hydrogen-bond acceptors (Lipinski definition) is 3. The number of carbonyl (C=O) groups is 2. The zero-order valence-electron chi connectivity index (χ0n) is 19.9. The Hall–Kier alpha value is -2.53. The minimum absolute atomic E-state index is 0.0124. The molecule has 0 heterocycles. The molecule has 0 aliphatic rings. The molecule has 0 radical (unpaired) electrons. The summed E-state index contributed by atoms with van der Waals surface area (Å²) in [7, 11) is 0. The third kappa shape index (κ3) is 7.56. The van der Waals surface area contributed by atoms with Crippen molar-refractivity contribution in [2.24, 2.45) is 0 Å². The Bertz CT molecular complexity index is 887. The van der Waals surface area contributed by atoms with E-state index >= 15 is 0 Å². The molecule has 0 bridgehead atoms. The fourth-order valence-corrected chi connectivity index (χ4v) is 3.49. The number of halogens is 1. The molecular formula is C26H35ClN2O3. The second-order valence-corrected chi connectivity index (χ2v) is 9.73. The molecular weight excluding hydrogens is 424 g/mol. The molecule has 5 nitrogen and oxygen atoms in total. The molecule has 1 atom stereocenters. The third-order valence-corrected chi connectivity index (χ3v) is 5.42. The van der Waals surface area contributed by atoms with Crippen LogP contribution in [0.25, 0.3) is 0 Å². The van der Waals surface area contributed by atoms with Crippen LogP contribution in [0.15, 0.2) is 48.5 Å². The van der Waals surface area contributed by atoms with E-state index in [1.54, 1.807) is 17.0 Å². The summed E-state index contributed by atoms with van der Waals surface area (Å²) < 4.78 is 5.78. The van der Waals surface area contributed by atoms with Gasteiger partial charge in [0, 0.05) is 17.6 Å². The number of carbonyl (C=O) groups excluding carboxylic acids is 2. The average Bonchev–Trinajstić information content (AvgIpc) is 2.72. The largest absolute Gasteiger partial charge is 0.484 e. The monoisotopic (exact) mass is 458 g/mol. The van der Waals surface area contributed by atoms with Gasteiger partial charge >= 0.3 is 0 Å². The first-order valence-electron chi connectivity index (χ1n) is 11.1. The minimum Gasteiger partial charge on any atom is -0.484 e. The van der Waals surface area contributed by atoms with Crippen molar-refractivity contribution < 1.29 is 14.3 Å². The van der Waals surface area contributed by atoms with Crippen LogP contribution in [0.1, 0.15) is 59.1 Å². The van der Waals surface area contributed by atoms with Gasteiger partial charge in [0.25, 0.3) is 5.91 Å². The molecule has 0 aliphatic carbocycles.